The molecular formula is C14H23F2N3. The van der Waals surface area contributed by atoms with Gasteiger partial charge in [0.25, 0.3) is 0 Å². The Bertz CT molecular complexity index is 361. The molecule has 108 valence electrons. The zero-order chi connectivity index (χ0) is 14.3. The minimum atomic E-state index is -0.547. The summed E-state index contributed by atoms with van der Waals surface area (Å²) in [6, 6.07) is 3.60. The lowest BCUT2D eigenvalue weighted by atomic mass is 10.0. The smallest absolute Gasteiger partial charge is 0.126 e. The van der Waals surface area contributed by atoms with Crippen molar-refractivity contribution < 1.29 is 8.78 Å². The van der Waals surface area contributed by atoms with E-state index in [0.717, 1.165) is 32.1 Å². The molecule has 1 atom stereocenters. The molecule has 0 fully saturated rings. The number of nitrogens with two attached hydrogens (primary N) is 1. The maximum absolute atomic E-state index is 13.1. The first-order chi connectivity index (χ1) is 9.08. The van der Waals surface area contributed by atoms with Gasteiger partial charge in [0.2, 0.25) is 0 Å². The fraction of sp³-hybridized carbons (Fsp3) is 0.571. The van der Waals surface area contributed by atoms with Crippen molar-refractivity contribution in [1.29, 1.82) is 0 Å². The molecule has 0 amide bonds. The molecule has 0 aliphatic carbocycles. The largest absolute Gasteiger partial charge is 0.304 e. The van der Waals surface area contributed by atoms with Gasteiger partial charge in [0.15, 0.2) is 0 Å². The monoisotopic (exact) mass is 271 g/mol. The normalized spacial score (nSPS) is 12.9. The van der Waals surface area contributed by atoms with Crippen molar-refractivity contribution in [2.45, 2.75) is 32.7 Å². The van der Waals surface area contributed by atoms with Gasteiger partial charge in [0, 0.05) is 12.1 Å². The minimum absolute atomic E-state index is 0.0156. The van der Waals surface area contributed by atoms with Crippen molar-refractivity contribution in [2.75, 3.05) is 19.6 Å². The molecule has 5 heteroatoms. The fourth-order valence-electron chi connectivity index (χ4n) is 2.14. The average molecular weight is 271 g/mol. The third-order valence-corrected chi connectivity index (χ3v) is 3.33. The zero-order valence-electron chi connectivity index (χ0n) is 11.6. The second kappa shape index (κ2) is 8.19. The maximum atomic E-state index is 13.1. The fourth-order valence-corrected chi connectivity index (χ4v) is 2.14. The first kappa shape index (κ1) is 16.0. The molecule has 0 saturated carbocycles. The van der Waals surface area contributed by atoms with E-state index >= 15 is 0 Å². The van der Waals surface area contributed by atoms with E-state index in [4.69, 9.17) is 5.84 Å². The summed E-state index contributed by atoms with van der Waals surface area (Å²) in [5, 5.41) is 0. The van der Waals surface area contributed by atoms with Crippen LogP contribution in [0.5, 0.6) is 0 Å². The SMILES string of the molecule is CCN(CC)CCC(Cc1cc(F)cc(F)c1)NN. The lowest BCUT2D eigenvalue weighted by Gasteiger charge is -2.22. The molecule has 1 aromatic rings. The van der Waals surface area contributed by atoms with Crippen LogP contribution in [0.2, 0.25) is 0 Å². The van der Waals surface area contributed by atoms with Crippen molar-refractivity contribution in [1.82, 2.24) is 10.3 Å². The van der Waals surface area contributed by atoms with E-state index in [2.05, 4.69) is 24.2 Å². The molecule has 0 heterocycles. The summed E-state index contributed by atoms with van der Waals surface area (Å²) >= 11 is 0. The van der Waals surface area contributed by atoms with Gasteiger partial charge >= 0.3 is 0 Å². The molecule has 0 radical (unpaired) electrons. The van der Waals surface area contributed by atoms with E-state index in [0.29, 0.717) is 12.0 Å². The van der Waals surface area contributed by atoms with Crippen LogP contribution in [0.15, 0.2) is 18.2 Å². The second-order valence-electron chi connectivity index (χ2n) is 4.66. The summed E-state index contributed by atoms with van der Waals surface area (Å²) in [6.45, 7) is 7.11. The Morgan fingerprint density at radius 3 is 2.21 bits per heavy atom. The molecule has 3 N–H and O–H groups in total. The Morgan fingerprint density at radius 2 is 1.74 bits per heavy atom. The quantitative estimate of drug-likeness (QED) is 0.562. The van der Waals surface area contributed by atoms with E-state index in [1.54, 1.807) is 0 Å². The molecular weight excluding hydrogens is 248 g/mol. The first-order valence-corrected chi connectivity index (χ1v) is 6.72. The van der Waals surface area contributed by atoms with Crippen molar-refractivity contribution in [3.05, 3.63) is 35.4 Å². The molecule has 0 saturated heterocycles. The highest BCUT2D eigenvalue weighted by Gasteiger charge is 2.11. The first-order valence-electron chi connectivity index (χ1n) is 6.72. The molecule has 1 unspecified atom stereocenters. The predicted molar refractivity (Wildman–Crippen MR) is 73.6 cm³/mol. The summed E-state index contributed by atoms with van der Waals surface area (Å²) in [7, 11) is 0. The Hall–Kier alpha value is -1.04. The molecule has 3 nitrogen and oxygen atoms in total. The molecule has 1 aromatic carbocycles. The Morgan fingerprint density at radius 1 is 1.16 bits per heavy atom. The zero-order valence-corrected chi connectivity index (χ0v) is 11.6. The van der Waals surface area contributed by atoms with Gasteiger partial charge in [-0.15, -0.1) is 0 Å². The summed E-state index contributed by atoms with van der Waals surface area (Å²) in [5.41, 5.74) is 3.35. The summed E-state index contributed by atoms with van der Waals surface area (Å²) in [4.78, 5) is 2.29. The second-order valence-corrected chi connectivity index (χ2v) is 4.66. The van der Waals surface area contributed by atoms with E-state index in [1.165, 1.54) is 12.1 Å². The number of rotatable bonds is 8. The Balaban J connectivity index is 2.56. The van der Waals surface area contributed by atoms with Crippen LogP contribution in [-0.4, -0.2) is 30.6 Å². The number of benzene rings is 1. The lowest BCUT2D eigenvalue weighted by molar-refractivity contribution is 0.280. The molecule has 0 aromatic heterocycles. The van der Waals surface area contributed by atoms with E-state index < -0.39 is 11.6 Å². The summed E-state index contributed by atoms with van der Waals surface area (Å²) in [5.74, 6) is 4.42. The van der Waals surface area contributed by atoms with Crippen molar-refractivity contribution >= 4 is 0 Å². The topological polar surface area (TPSA) is 41.3 Å². The number of nitrogens with one attached hydrogen (secondary N) is 1. The van der Waals surface area contributed by atoms with Gasteiger partial charge in [-0.05, 0) is 50.2 Å². The van der Waals surface area contributed by atoms with Gasteiger partial charge in [0.05, 0.1) is 0 Å². The molecule has 0 spiro atoms. The van der Waals surface area contributed by atoms with E-state index in [9.17, 15) is 8.78 Å². The number of nitrogens with zero attached hydrogens (tertiary/aromatic N) is 1. The summed E-state index contributed by atoms with van der Waals surface area (Å²) in [6.07, 6.45) is 1.36. The molecule has 0 aliphatic rings. The third-order valence-electron chi connectivity index (χ3n) is 3.33. The van der Waals surface area contributed by atoms with Crippen LogP contribution in [0, 0.1) is 11.6 Å². The highest BCUT2D eigenvalue weighted by atomic mass is 19.1. The Kier molecular flexibility index (Phi) is 6.91. The van der Waals surface area contributed by atoms with Gasteiger partial charge in [-0.1, -0.05) is 13.8 Å². The van der Waals surface area contributed by atoms with Gasteiger partial charge in [-0.3, -0.25) is 11.3 Å². The highest BCUT2D eigenvalue weighted by Crippen LogP contribution is 2.11. The number of halogens is 2. The van der Waals surface area contributed by atoms with Crippen molar-refractivity contribution in [2.24, 2.45) is 5.84 Å². The Labute approximate surface area is 113 Å². The van der Waals surface area contributed by atoms with Crippen molar-refractivity contribution in [3.63, 3.8) is 0 Å². The molecule has 19 heavy (non-hydrogen) atoms. The highest BCUT2D eigenvalue weighted by molar-refractivity contribution is 5.18. The average Bonchev–Trinajstić information content (AvgIpc) is 2.37. The van der Waals surface area contributed by atoms with E-state index in [1.807, 2.05) is 0 Å². The van der Waals surface area contributed by atoms with Crippen molar-refractivity contribution in [3.8, 4) is 0 Å². The van der Waals surface area contributed by atoms with Crippen LogP contribution in [0.4, 0.5) is 8.78 Å². The number of hydrogen-bond acceptors (Lipinski definition) is 3. The number of hydrogen-bond donors (Lipinski definition) is 2. The maximum Gasteiger partial charge on any atom is 0.126 e. The van der Waals surface area contributed by atoms with Crippen LogP contribution in [0.1, 0.15) is 25.8 Å². The van der Waals surface area contributed by atoms with Crippen LogP contribution >= 0.6 is 0 Å². The van der Waals surface area contributed by atoms with Gasteiger partial charge in [-0.25, -0.2) is 8.78 Å². The van der Waals surface area contributed by atoms with Gasteiger partial charge in [0.1, 0.15) is 11.6 Å². The van der Waals surface area contributed by atoms with E-state index in [-0.39, 0.29) is 6.04 Å². The third kappa shape index (κ3) is 5.63. The predicted octanol–water partition coefficient (Wildman–Crippen LogP) is 2.07. The molecule has 0 bridgehead atoms. The lowest BCUT2D eigenvalue weighted by Crippen LogP contribution is -2.39. The van der Waals surface area contributed by atoms with Crippen LogP contribution < -0.4 is 11.3 Å². The molecule has 1 rings (SSSR count). The minimum Gasteiger partial charge on any atom is -0.304 e. The standard InChI is InChI=1S/C14H23F2N3/c1-3-19(4-2)6-5-14(18-17)9-11-7-12(15)10-13(16)8-11/h7-8,10,14,18H,3-6,9,17H2,1-2H3. The van der Waals surface area contributed by atoms with Crippen LogP contribution in [0.3, 0.4) is 0 Å². The van der Waals surface area contributed by atoms with Crippen LogP contribution in [0.25, 0.3) is 0 Å². The van der Waals surface area contributed by atoms with Crippen LogP contribution in [-0.2, 0) is 6.42 Å². The van der Waals surface area contributed by atoms with Gasteiger partial charge in [-0.2, -0.15) is 0 Å². The molecule has 0 aliphatic heterocycles. The summed E-state index contributed by atoms with van der Waals surface area (Å²) < 4.78 is 26.2. The van der Waals surface area contributed by atoms with Gasteiger partial charge < -0.3 is 4.90 Å². The number of hydrazine groups is 1.